The number of allylic oxidation sites excluding steroid dienone is 2. The third kappa shape index (κ3) is 3.36. The number of rotatable bonds is 4. The maximum atomic E-state index is 14.1. The number of ether oxygens (including phenoxy) is 1. The molecule has 0 amide bonds. The summed E-state index contributed by atoms with van der Waals surface area (Å²) in [4.78, 5) is 1.78. The van der Waals surface area contributed by atoms with Crippen molar-refractivity contribution >= 4 is 5.69 Å². The van der Waals surface area contributed by atoms with Crippen LogP contribution in [0.2, 0.25) is 0 Å². The molecule has 5 heteroatoms. The molecular weight excluding hydrogens is 271 g/mol. The number of hydrogen-bond acceptors (Lipinski definition) is 4. The topological polar surface area (TPSA) is 44.7 Å². The zero-order valence-electron chi connectivity index (χ0n) is 11.8. The van der Waals surface area contributed by atoms with E-state index in [2.05, 4.69) is 5.32 Å². The summed E-state index contributed by atoms with van der Waals surface area (Å²) in [6.07, 6.45) is 7.38. The summed E-state index contributed by atoms with van der Waals surface area (Å²) in [5.41, 5.74) is 0.690. The molecule has 0 aromatic heterocycles. The van der Waals surface area contributed by atoms with Crippen molar-refractivity contribution in [1.82, 2.24) is 5.32 Å². The van der Waals surface area contributed by atoms with Crippen molar-refractivity contribution in [2.45, 2.75) is 18.9 Å². The van der Waals surface area contributed by atoms with Crippen LogP contribution in [-0.4, -0.2) is 30.8 Å². The van der Waals surface area contributed by atoms with Crippen LogP contribution >= 0.6 is 0 Å². The number of nitrogens with one attached hydrogen (secondary N) is 1. The molecule has 3 rings (SSSR count). The second-order valence-electron chi connectivity index (χ2n) is 5.35. The molecule has 0 saturated carbocycles. The lowest BCUT2D eigenvalue weighted by molar-refractivity contribution is 0.265. The van der Waals surface area contributed by atoms with E-state index in [1.807, 2.05) is 0 Å². The molecule has 21 heavy (non-hydrogen) atoms. The Bertz CT molecular complexity index is 565. The standard InChI is InChI=1S/C16H19FN2O2/c17-15-9-13(19-8-2-4-14(20)10-19)5-6-16(15)21-11-12-3-1-7-18-12/h2,4-6,8-9,12,18,20H,1,3,7,10-11H2/t12-/m0/s1. The predicted octanol–water partition coefficient (Wildman–Crippen LogP) is 2.73. The average Bonchev–Trinajstić information content (AvgIpc) is 2.99. The van der Waals surface area contributed by atoms with Crippen LogP contribution in [0.1, 0.15) is 12.8 Å². The fraction of sp³-hybridized carbons (Fsp3) is 0.375. The van der Waals surface area contributed by atoms with Gasteiger partial charge in [-0.1, -0.05) is 0 Å². The van der Waals surface area contributed by atoms with E-state index in [0.29, 0.717) is 24.9 Å². The molecular formula is C16H19FN2O2. The van der Waals surface area contributed by atoms with Gasteiger partial charge < -0.3 is 20.1 Å². The number of anilines is 1. The molecule has 0 spiro atoms. The van der Waals surface area contributed by atoms with Crippen LogP contribution in [-0.2, 0) is 0 Å². The molecule has 4 nitrogen and oxygen atoms in total. The molecule has 0 aliphatic carbocycles. The molecule has 1 atom stereocenters. The monoisotopic (exact) mass is 290 g/mol. The van der Waals surface area contributed by atoms with Gasteiger partial charge in [-0.25, -0.2) is 4.39 Å². The fourth-order valence-electron chi connectivity index (χ4n) is 2.59. The Kier molecular flexibility index (Phi) is 4.10. The number of halogens is 1. The van der Waals surface area contributed by atoms with E-state index in [9.17, 15) is 9.50 Å². The van der Waals surface area contributed by atoms with Crippen molar-refractivity contribution in [3.05, 3.63) is 48.1 Å². The third-order valence-electron chi connectivity index (χ3n) is 3.74. The van der Waals surface area contributed by atoms with Crippen molar-refractivity contribution in [2.75, 3.05) is 24.6 Å². The van der Waals surface area contributed by atoms with Crippen LogP contribution in [0.5, 0.6) is 5.75 Å². The lowest BCUT2D eigenvalue weighted by Gasteiger charge is -2.23. The maximum Gasteiger partial charge on any atom is 0.167 e. The maximum absolute atomic E-state index is 14.1. The minimum absolute atomic E-state index is 0.255. The van der Waals surface area contributed by atoms with E-state index in [1.165, 1.54) is 6.07 Å². The second-order valence-corrected chi connectivity index (χ2v) is 5.35. The first-order chi connectivity index (χ1) is 10.2. The number of hydrogen-bond donors (Lipinski definition) is 2. The van der Waals surface area contributed by atoms with Crippen molar-refractivity contribution in [2.24, 2.45) is 0 Å². The van der Waals surface area contributed by atoms with E-state index in [4.69, 9.17) is 4.74 Å². The van der Waals surface area contributed by atoms with Crippen molar-refractivity contribution in [3.8, 4) is 5.75 Å². The Balaban J connectivity index is 1.65. The molecule has 1 fully saturated rings. The van der Waals surface area contributed by atoms with Crippen LogP contribution in [0.15, 0.2) is 42.3 Å². The van der Waals surface area contributed by atoms with Crippen LogP contribution in [0.25, 0.3) is 0 Å². The Hall–Kier alpha value is -2.01. The summed E-state index contributed by atoms with van der Waals surface area (Å²) in [6.45, 7) is 1.85. The van der Waals surface area contributed by atoms with Gasteiger partial charge in [-0.15, -0.1) is 0 Å². The smallest absolute Gasteiger partial charge is 0.167 e. The molecule has 1 aromatic carbocycles. The van der Waals surface area contributed by atoms with Crippen molar-refractivity contribution in [1.29, 1.82) is 0 Å². The Morgan fingerprint density at radius 1 is 1.43 bits per heavy atom. The van der Waals surface area contributed by atoms with E-state index < -0.39 is 0 Å². The second kappa shape index (κ2) is 6.18. The molecule has 112 valence electrons. The fourth-order valence-corrected chi connectivity index (χ4v) is 2.59. The zero-order chi connectivity index (χ0) is 14.7. The van der Waals surface area contributed by atoms with E-state index in [1.54, 1.807) is 35.4 Å². The average molecular weight is 290 g/mol. The molecule has 0 bridgehead atoms. The van der Waals surface area contributed by atoms with Gasteiger partial charge in [0, 0.05) is 24.0 Å². The van der Waals surface area contributed by atoms with E-state index in [-0.39, 0.29) is 17.3 Å². The van der Waals surface area contributed by atoms with E-state index in [0.717, 1.165) is 19.4 Å². The summed E-state index contributed by atoms with van der Waals surface area (Å²) >= 11 is 0. The van der Waals surface area contributed by atoms with Crippen LogP contribution in [0.4, 0.5) is 10.1 Å². The van der Waals surface area contributed by atoms with Gasteiger partial charge in [-0.3, -0.25) is 0 Å². The SMILES string of the molecule is OC1=CC=CN(c2ccc(OC[C@@H]3CCCN3)c(F)c2)C1. The Labute approximate surface area is 123 Å². The lowest BCUT2D eigenvalue weighted by Crippen LogP contribution is -2.28. The Morgan fingerprint density at radius 2 is 2.33 bits per heavy atom. The third-order valence-corrected chi connectivity index (χ3v) is 3.74. The molecule has 2 aliphatic heterocycles. The highest BCUT2D eigenvalue weighted by Gasteiger charge is 2.16. The lowest BCUT2D eigenvalue weighted by atomic mass is 10.2. The van der Waals surface area contributed by atoms with Gasteiger partial charge in [0.1, 0.15) is 12.4 Å². The van der Waals surface area contributed by atoms with E-state index >= 15 is 0 Å². The predicted molar refractivity (Wildman–Crippen MR) is 80.1 cm³/mol. The zero-order valence-corrected chi connectivity index (χ0v) is 11.8. The largest absolute Gasteiger partial charge is 0.510 e. The van der Waals surface area contributed by atoms with Gasteiger partial charge in [0.25, 0.3) is 0 Å². The first-order valence-electron chi connectivity index (χ1n) is 7.21. The number of nitrogens with zero attached hydrogens (tertiary/aromatic N) is 1. The first-order valence-corrected chi connectivity index (χ1v) is 7.21. The summed E-state index contributed by atoms with van der Waals surface area (Å²) in [5, 5.41) is 12.8. The number of benzene rings is 1. The quantitative estimate of drug-likeness (QED) is 0.895. The van der Waals surface area contributed by atoms with Gasteiger partial charge in [0.05, 0.1) is 6.54 Å². The van der Waals surface area contributed by atoms with Gasteiger partial charge in [-0.05, 0) is 43.7 Å². The van der Waals surface area contributed by atoms with Gasteiger partial charge >= 0.3 is 0 Å². The van der Waals surface area contributed by atoms with Crippen LogP contribution in [0.3, 0.4) is 0 Å². The minimum atomic E-state index is -0.382. The highest BCUT2D eigenvalue weighted by molar-refractivity contribution is 5.54. The van der Waals surface area contributed by atoms with Gasteiger partial charge in [0.2, 0.25) is 0 Å². The van der Waals surface area contributed by atoms with Gasteiger partial charge in [0.15, 0.2) is 11.6 Å². The number of aliphatic hydroxyl groups is 1. The molecule has 2 N–H and O–H groups in total. The molecule has 0 unspecified atom stereocenters. The Morgan fingerprint density at radius 3 is 3.05 bits per heavy atom. The molecule has 2 heterocycles. The van der Waals surface area contributed by atoms with Crippen LogP contribution in [0, 0.1) is 5.82 Å². The molecule has 1 aromatic rings. The highest BCUT2D eigenvalue weighted by Crippen LogP contribution is 2.26. The summed E-state index contributed by atoms with van der Waals surface area (Å²) in [5.74, 6) is 0.145. The molecule has 0 radical (unpaired) electrons. The van der Waals surface area contributed by atoms with Crippen molar-refractivity contribution < 1.29 is 14.2 Å². The normalized spacial score (nSPS) is 21.5. The number of aliphatic hydroxyl groups excluding tert-OH is 1. The minimum Gasteiger partial charge on any atom is -0.510 e. The molecule has 2 aliphatic rings. The summed E-state index contributed by atoms with van der Waals surface area (Å²) < 4.78 is 19.7. The van der Waals surface area contributed by atoms with Crippen LogP contribution < -0.4 is 15.0 Å². The molecule has 1 saturated heterocycles. The first kappa shape index (κ1) is 13.9. The van der Waals surface area contributed by atoms with Gasteiger partial charge in [-0.2, -0.15) is 0 Å². The summed E-state index contributed by atoms with van der Waals surface area (Å²) in [7, 11) is 0. The highest BCUT2D eigenvalue weighted by atomic mass is 19.1. The van der Waals surface area contributed by atoms with Crippen molar-refractivity contribution in [3.63, 3.8) is 0 Å². The summed E-state index contributed by atoms with van der Waals surface area (Å²) in [6, 6.07) is 5.18.